The minimum atomic E-state index is -0.577. The second-order valence-electron chi connectivity index (χ2n) is 4.60. The van der Waals surface area contributed by atoms with Crippen molar-refractivity contribution in [2.45, 2.75) is 19.4 Å². The topological polar surface area (TPSA) is 107 Å². The monoisotopic (exact) mass is 291 g/mol. The summed E-state index contributed by atoms with van der Waals surface area (Å²) in [5, 5.41) is 13.8. The van der Waals surface area contributed by atoms with Crippen LogP contribution in [0.1, 0.15) is 12.5 Å². The number of benzene rings is 1. The summed E-state index contributed by atoms with van der Waals surface area (Å²) < 4.78 is 12.8. The molecule has 8 heteroatoms. The molecule has 21 heavy (non-hydrogen) atoms. The number of halogens is 1. The molecule has 0 radical (unpaired) electrons. The minimum Gasteiger partial charge on any atom is -0.368 e. The zero-order chi connectivity index (χ0) is 15.4. The molecule has 0 bridgehead atoms. The van der Waals surface area contributed by atoms with Crippen LogP contribution in [0.5, 0.6) is 0 Å². The first kappa shape index (κ1) is 14.6. The number of hydrogen-bond donors (Lipinski definition) is 2. The van der Waals surface area contributed by atoms with Crippen LogP contribution >= 0.6 is 0 Å². The minimum absolute atomic E-state index is 0.0444. The van der Waals surface area contributed by atoms with E-state index >= 15 is 0 Å². The predicted molar refractivity (Wildman–Crippen MR) is 76.3 cm³/mol. The van der Waals surface area contributed by atoms with Gasteiger partial charge in [0, 0.05) is 6.04 Å². The lowest BCUT2D eigenvalue weighted by Gasteiger charge is -2.14. The smallest absolute Gasteiger partial charge is 0.329 e. The lowest BCUT2D eigenvalue weighted by atomic mass is 10.1. The third-order valence-corrected chi connectivity index (χ3v) is 2.82. The fourth-order valence-electron chi connectivity index (χ4n) is 1.89. The van der Waals surface area contributed by atoms with Crippen molar-refractivity contribution in [3.63, 3.8) is 0 Å². The average molecular weight is 291 g/mol. The van der Waals surface area contributed by atoms with Crippen molar-refractivity contribution in [1.29, 1.82) is 0 Å². The highest BCUT2D eigenvalue weighted by atomic mass is 19.1. The number of nitro groups is 1. The Bertz CT molecular complexity index is 648. The van der Waals surface area contributed by atoms with Crippen LogP contribution in [0.2, 0.25) is 0 Å². The molecule has 0 fully saturated rings. The van der Waals surface area contributed by atoms with Crippen LogP contribution in [-0.4, -0.2) is 20.9 Å². The van der Waals surface area contributed by atoms with Gasteiger partial charge in [-0.05, 0) is 31.0 Å². The van der Waals surface area contributed by atoms with E-state index in [0.717, 1.165) is 11.8 Å². The fraction of sp³-hybridized carbons (Fsp3) is 0.231. The summed E-state index contributed by atoms with van der Waals surface area (Å²) in [6.07, 6.45) is 1.62. The molecule has 0 aliphatic rings. The molecule has 2 rings (SSSR count). The van der Waals surface area contributed by atoms with Crippen LogP contribution in [-0.2, 0) is 6.42 Å². The van der Waals surface area contributed by atoms with Crippen LogP contribution in [0, 0.1) is 15.9 Å². The molecule has 1 atom stereocenters. The van der Waals surface area contributed by atoms with Crippen LogP contribution in [0.25, 0.3) is 0 Å². The summed E-state index contributed by atoms with van der Waals surface area (Å²) in [4.78, 5) is 17.8. The van der Waals surface area contributed by atoms with Gasteiger partial charge in [-0.1, -0.05) is 12.1 Å². The second kappa shape index (κ2) is 6.12. The Hall–Kier alpha value is -2.77. The van der Waals surface area contributed by atoms with Crippen molar-refractivity contribution in [3.8, 4) is 0 Å². The Kier molecular flexibility index (Phi) is 4.27. The van der Waals surface area contributed by atoms with E-state index in [-0.39, 0.29) is 29.3 Å². The summed E-state index contributed by atoms with van der Waals surface area (Å²) in [6.45, 7) is 1.84. The molecule has 0 amide bonds. The summed E-state index contributed by atoms with van der Waals surface area (Å²) in [5.74, 6) is -0.280. The molecule has 1 unspecified atom stereocenters. The molecule has 7 nitrogen and oxygen atoms in total. The Balaban J connectivity index is 2.12. The van der Waals surface area contributed by atoms with Crippen LogP contribution in [0.3, 0.4) is 0 Å². The summed E-state index contributed by atoms with van der Waals surface area (Å²) in [5.41, 5.74) is 6.11. The van der Waals surface area contributed by atoms with E-state index in [0.29, 0.717) is 6.42 Å². The molecule has 1 aromatic heterocycles. The normalized spacial score (nSPS) is 11.9. The molecule has 0 spiro atoms. The largest absolute Gasteiger partial charge is 0.368 e. The molecule has 0 saturated heterocycles. The third kappa shape index (κ3) is 3.85. The maximum atomic E-state index is 12.8. The van der Waals surface area contributed by atoms with Crippen LogP contribution in [0.15, 0.2) is 30.5 Å². The van der Waals surface area contributed by atoms with Gasteiger partial charge < -0.3 is 11.1 Å². The Morgan fingerprint density at radius 1 is 1.43 bits per heavy atom. The van der Waals surface area contributed by atoms with Crippen LogP contribution < -0.4 is 11.1 Å². The number of hydrogen-bond acceptors (Lipinski definition) is 6. The molecule has 1 heterocycles. The maximum absolute atomic E-state index is 12.8. The van der Waals surface area contributed by atoms with Gasteiger partial charge in [-0.2, -0.15) is 4.98 Å². The van der Waals surface area contributed by atoms with E-state index in [1.807, 2.05) is 6.92 Å². The highest BCUT2D eigenvalue weighted by molar-refractivity contribution is 5.56. The van der Waals surface area contributed by atoms with E-state index in [2.05, 4.69) is 15.3 Å². The maximum Gasteiger partial charge on any atom is 0.329 e. The van der Waals surface area contributed by atoms with Gasteiger partial charge in [0.15, 0.2) is 0 Å². The number of nitrogens with two attached hydrogens (primary N) is 1. The number of anilines is 2. The lowest BCUT2D eigenvalue weighted by Crippen LogP contribution is -2.20. The Labute approximate surface area is 120 Å². The van der Waals surface area contributed by atoms with Gasteiger partial charge in [-0.3, -0.25) is 10.1 Å². The standard InChI is InChI=1S/C13H14FN5O2/c1-8(6-9-2-4-10(14)5-3-9)17-12-11(19(20)21)7-16-13(15)18-12/h2-5,7-8H,6H2,1H3,(H3,15,16,17,18). The van der Waals surface area contributed by atoms with Crippen molar-refractivity contribution in [1.82, 2.24) is 9.97 Å². The number of nitrogen functional groups attached to an aromatic ring is 1. The number of nitrogens with one attached hydrogen (secondary N) is 1. The molecular formula is C13H14FN5O2. The van der Waals surface area contributed by atoms with E-state index in [4.69, 9.17) is 5.73 Å². The SMILES string of the molecule is CC(Cc1ccc(F)cc1)Nc1nc(N)ncc1[N+](=O)[O-]. The van der Waals surface area contributed by atoms with Crippen molar-refractivity contribution in [2.24, 2.45) is 0 Å². The summed E-state index contributed by atoms with van der Waals surface area (Å²) in [6, 6.07) is 5.91. The lowest BCUT2D eigenvalue weighted by molar-refractivity contribution is -0.384. The highest BCUT2D eigenvalue weighted by Crippen LogP contribution is 2.22. The van der Waals surface area contributed by atoms with Gasteiger partial charge in [0.1, 0.15) is 12.0 Å². The van der Waals surface area contributed by atoms with Crippen molar-refractivity contribution < 1.29 is 9.31 Å². The molecule has 3 N–H and O–H groups in total. The van der Waals surface area contributed by atoms with Crippen LogP contribution in [0.4, 0.5) is 21.8 Å². The van der Waals surface area contributed by atoms with E-state index in [1.165, 1.54) is 12.1 Å². The first-order chi connectivity index (χ1) is 9.95. The Morgan fingerprint density at radius 3 is 2.71 bits per heavy atom. The quantitative estimate of drug-likeness (QED) is 0.645. The predicted octanol–water partition coefficient (Wildman–Crippen LogP) is 2.15. The second-order valence-corrected chi connectivity index (χ2v) is 4.60. The van der Waals surface area contributed by atoms with Gasteiger partial charge in [0.25, 0.3) is 0 Å². The van der Waals surface area contributed by atoms with E-state index in [1.54, 1.807) is 12.1 Å². The number of rotatable bonds is 5. The highest BCUT2D eigenvalue weighted by Gasteiger charge is 2.18. The first-order valence-corrected chi connectivity index (χ1v) is 6.23. The third-order valence-electron chi connectivity index (χ3n) is 2.82. The van der Waals surface area contributed by atoms with Gasteiger partial charge in [-0.25, -0.2) is 9.37 Å². The first-order valence-electron chi connectivity index (χ1n) is 6.23. The van der Waals surface area contributed by atoms with Crippen molar-refractivity contribution in [3.05, 3.63) is 52.0 Å². The van der Waals surface area contributed by atoms with Gasteiger partial charge in [-0.15, -0.1) is 0 Å². The molecule has 0 aliphatic heterocycles. The molecule has 0 saturated carbocycles. The zero-order valence-electron chi connectivity index (χ0n) is 11.3. The summed E-state index contributed by atoms with van der Waals surface area (Å²) in [7, 11) is 0. The number of nitrogens with zero attached hydrogens (tertiary/aromatic N) is 3. The summed E-state index contributed by atoms with van der Waals surface area (Å²) >= 11 is 0. The van der Waals surface area contributed by atoms with E-state index < -0.39 is 4.92 Å². The molecular weight excluding hydrogens is 277 g/mol. The molecule has 2 aromatic rings. The van der Waals surface area contributed by atoms with Crippen molar-refractivity contribution >= 4 is 17.5 Å². The van der Waals surface area contributed by atoms with Gasteiger partial charge >= 0.3 is 5.69 Å². The average Bonchev–Trinajstić information content (AvgIpc) is 2.41. The van der Waals surface area contributed by atoms with Gasteiger partial charge in [0.2, 0.25) is 11.8 Å². The Morgan fingerprint density at radius 2 is 2.10 bits per heavy atom. The van der Waals surface area contributed by atoms with E-state index in [9.17, 15) is 14.5 Å². The fourth-order valence-corrected chi connectivity index (χ4v) is 1.89. The molecule has 110 valence electrons. The number of aromatic nitrogens is 2. The molecule has 0 aliphatic carbocycles. The van der Waals surface area contributed by atoms with Gasteiger partial charge in [0.05, 0.1) is 4.92 Å². The van der Waals surface area contributed by atoms with Crippen molar-refractivity contribution in [2.75, 3.05) is 11.1 Å². The zero-order valence-corrected chi connectivity index (χ0v) is 11.3. The molecule has 1 aromatic carbocycles.